The third kappa shape index (κ3) is 6.60. The Morgan fingerprint density at radius 3 is 1.81 bits per heavy atom. The number of fused-ring (bicyclic) bond motifs is 6. The zero-order valence-electron chi connectivity index (χ0n) is 35.7. The number of carbonyl (C=O) groups excluding carboxylic acids is 6. The summed E-state index contributed by atoms with van der Waals surface area (Å²) in [6.45, 7) is 11.3. The zero-order chi connectivity index (χ0) is 42.9. The third-order valence-corrected chi connectivity index (χ3v) is 16.9. The molecule has 6 fully saturated rings. The summed E-state index contributed by atoms with van der Waals surface area (Å²) in [5, 5.41) is 32.7. The maximum atomic E-state index is 14.5. The maximum Gasteiger partial charge on any atom is 0.331 e. The van der Waals surface area contributed by atoms with Gasteiger partial charge in [0.1, 0.15) is 23.7 Å². The van der Waals surface area contributed by atoms with E-state index < -0.39 is 87.3 Å². The van der Waals surface area contributed by atoms with Gasteiger partial charge in [0, 0.05) is 49.4 Å². The Hall–Kier alpha value is -3.42. The molecule has 6 saturated carbocycles. The van der Waals surface area contributed by atoms with E-state index in [1.165, 1.54) is 25.2 Å². The van der Waals surface area contributed by atoms with Gasteiger partial charge in [-0.15, -0.1) is 0 Å². The van der Waals surface area contributed by atoms with Crippen molar-refractivity contribution in [2.24, 2.45) is 69.0 Å². The van der Waals surface area contributed by atoms with Crippen molar-refractivity contribution < 1.29 is 58.3 Å². The molecule has 13 heteroatoms. The van der Waals surface area contributed by atoms with E-state index in [1.807, 2.05) is 20.8 Å². The van der Waals surface area contributed by atoms with Crippen molar-refractivity contribution in [3.63, 3.8) is 0 Å². The van der Waals surface area contributed by atoms with Crippen LogP contribution in [0.25, 0.3) is 0 Å². The first kappa shape index (κ1) is 44.1. The van der Waals surface area contributed by atoms with E-state index in [2.05, 4.69) is 6.92 Å². The highest BCUT2D eigenvalue weighted by atomic mass is 16.6. The van der Waals surface area contributed by atoms with E-state index in [1.54, 1.807) is 27.0 Å². The summed E-state index contributed by atoms with van der Waals surface area (Å²) in [5.41, 5.74) is -2.40. The topological polar surface area (TPSA) is 194 Å². The molecule has 0 spiro atoms. The minimum atomic E-state index is -1.62. The van der Waals surface area contributed by atoms with Gasteiger partial charge in [-0.3, -0.25) is 24.0 Å². The first-order valence-electron chi connectivity index (χ1n) is 21.3. The van der Waals surface area contributed by atoms with Crippen LogP contribution in [0.3, 0.4) is 0 Å². The number of methoxy groups -OCH3 is 2. The van der Waals surface area contributed by atoms with Crippen molar-refractivity contribution in [1.29, 1.82) is 0 Å². The second kappa shape index (κ2) is 15.9. The molecule has 6 aliphatic carbocycles. The fraction of sp³-hybridized carbons (Fsp3) is 0.778. The fourth-order valence-corrected chi connectivity index (χ4v) is 14.0. The molecule has 0 saturated heterocycles. The average Bonchev–Trinajstić information content (AvgIpc) is 3.18. The van der Waals surface area contributed by atoms with Crippen LogP contribution in [0, 0.1) is 69.0 Å². The van der Waals surface area contributed by atoms with Crippen LogP contribution in [0.5, 0.6) is 0 Å². The number of likely N-dealkylation sites (N-methyl/N-ethyl adjacent to an activating group) is 1. The molecule has 13 nitrogen and oxygen atoms in total. The smallest absolute Gasteiger partial charge is 0.331 e. The molecule has 0 aliphatic heterocycles. The highest BCUT2D eigenvalue weighted by Crippen LogP contribution is 2.66. The molecule has 3 N–H and O–H groups in total. The van der Waals surface area contributed by atoms with E-state index in [0.717, 1.165) is 24.0 Å². The molecule has 0 heterocycles. The quantitative estimate of drug-likeness (QED) is 0.191. The van der Waals surface area contributed by atoms with Gasteiger partial charge in [0.05, 0.1) is 26.2 Å². The molecule has 0 bridgehead atoms. The molecule has 322 valence electrons. The highest BCUT2D eigenvalue weighted by molar-refractivity contribution is 5.95. The molecule has 1 amide bonds. The Balaban J connectivity index is 1.24. The van der Waals surface area contributed by atoms with E-state index >= 15 is 0 Å². The van der Waals surface area contributed by atoms with Crippen LogP contribution in [-0.4, -0.2) is 108 Å². The van der Waals surface area contributed by atoms with Crippen molar-refractivity contribution in [3.05, 3.63) is 23.3 Å². The number of amides is 1. The second-order valence-corrected chi connectivity index (χ2v) is 19.5. The average molecular weight is 812 g/mol. The highest BCUT2D eigenvalue weighted by Gasteiger charge is 2.70. The van der Waals surface area contributed by atoms with E-state index in [0.29, 0.717) is 38.5 Å². The Labute approximate surface area is 342 Å². The van der Waals surface area contributed by atoms with Crippen molar-refractivity contribution in [2.45, 2.75) is 118 Å². The molecular weight excluding hydrogens is 746 g/mol. The lowest BCUT2D eigenvalue weighted by Gasteiger charge is -2.62. The van der Waals surface area contributed by atoms with Crippen LogP contribution in [0.15, 0.2) is 23.3 Å². The van der Waals surface area contributed by atoms with Gasteiger partial charge in [-0.05, 0) is 99.7 Å². The van der Waals surface area contributed by atoms with Gasteiger partial charge in [0.2, 0.25) is 5.91 Å². The van der Waals surface area contributed by atoms with Crippen LogP contribution in [0.1, 0.15) is 99.3 Å². The van der Waals surface area contributed by atoms with Gasteiger partial charge in [-0.2, -0.15) is 0 Å². The number of carbonyl (C=O) groups is 6. The first-order valence-corrected chi connectivity index (χ1v) is 21.3. The van der Waals surface area contributed by atoms with Gasteiger partial charge in [0.15, 0.2) is 11.6 Å². The number of aliphatic hydroxyl groups is 3. The number of esters is 3. The molecule has 0 radical (unpaired) electrons. The number of Topliss-reactive ketones (excluding diaryl/α,β-unsaturated/α-hetero) is 2. The largest absolute Gasteiger partial charge is 0.469 e. The molecule has 0 aromatic heterocycles. The molecule has 6 aliphatic rings. The number of ether oxygens (including phenoxy) is 3. The van der Waals surface area contributed by atoms with Crippen molar-refractivity contribution in [3.8, 4) is 0 Å². The Morgan fingerprint density at radius 1 is 0.759 bits per heavy atom. The summed E-state index contributed by atoms with van der Waals surface area (Å²) in [6, 6.07) is 0. The minimum absolute atomic E-state index is 0.0778. The minimum Gasteiger partial charge on any atom is -0.469 e. The van der Waals surface area contributed by atoms with E-state index in [4.69, 9.17) is 14.2 Å². The van der Waals surface area contributed by atoms with Crippen molar-refractivity contribution in [1.82, 2.24) is 4.90 Å². The van der Waals surface area contributed by atoms with Crippen molar-refractivity contribution in [2.75, 3.05) is 34.4 Å². The SMILES string of the molecule is COC(=O)[C@@]1(C)CCC[C@]2(C)C3CC/C(=C\C(=O)O[C@H]4CC[C@]5(C)C6CC/C(=C\C(=O)N(C)CCO)[C@H](C)C6[C@@H](O)C(=O)C5[C@@]4(C)C(=O)OC)[C@H](C)C3[C@@H](O)C(=O)C21. The van der Waals surface area contributed by atoms with Gasteiger partial charge in [-0.1, -0.05) is 45.3 Å². The third-order valence-electron chi connectivity index (χ3n) is 16.9. The number of aliphatic hydroxyl groups excluding tert-OH is 3. The summed E-state index contributed by atoms with van der Waals surface area (Å²) in [7, 11) is 4.17. The van der Waals surface area contributed by atoms with Gasteiger partial charge in [0.25, 0.3) is 0 Å². The van der Waals surface area contributed by atoms with Gasteiger partial charge >= 0.3 is 17.9 Å². The number of nitrogens with zero attached hydrogens (tertiary/aromatic N) is 1. The van der Waals surface area contributed by atoms with Crippen LogP contribution >= 0.6 is 0 Å². The Bertz CT molecular complexity index is 1770. The lowest BCUT2D eigenvalue weighted by atomic mass is 9.41. The summed E-state index contributed by atoms with van der Waals surface area (Å²) >= 11 is 0. The molecule has 15 atom stereocenters. The fourth-order valence-electron chi connectivity index (χ4n) is 14.0. The Morgan fingerprint density at radius 2 is 1.28 bits per heavy atom. The number of hydrogen-bond donors (Lipinski definition) is 3. The molecule has 58 heavy (non-hydrogen) atoms. The molecule has 0 aromatic rings. The zero-order valence-corrected chi connectivity index (χ0v) is 35.7. The molecule has 6 rings (SSSR count). The lowest BCUT2D eigenvalue weighted by molar-refractivity contribution is -0.214. The Kier molecular flexibility index (Phi) is 12.1. The van der Waals surface area contributed by atoms with Gasteiger partial charge < -0.3 is 34.4 Å². The van der Waals surface area contributed by atoms with Crippen molar-refractivity contribution >= 4 is 35.4 Å². The predicted octanol–water partition coefficient (Wildman–Crippen LogP) is 3.99. The molecule has 6 unspecified atom stereocenters. The number of ketones is 2. The predicted molar refractivity (Wildman–Crippen MR) is 210 cm³/mol. The van der Waals surface area contributed by atoms with E-state index in [9.17, 15) is 44.1 Å². The first-order chi connectivity index (χ1) is 27.2. The molecule has 0 aromatic carbocycles. The molecular formula is C45H65NO12. The number of allylic oxidation sites excluding steroid dienone is 2. The number of hydrogen-bond acceptors (Lipinski definition) is 12. The summed E-state index contributed by atoms with van der Waals surface area (Å²) < 4.78 is 16.7. The summed E-state index contributed by atoms with van der Waals surface area (Å²) in [5.74, 6) is -6.54. The maximum absolute atomic E-state index is 14.5. The van der Waals surface area contributed by atoms with Gasteiger partial charge in [-0.25, -0.2) is 4.79 Å². The van der Waals surface area contributed by atoms with E-state index in [-0.39, 0.29) is 54.9 Å². The van der Waals surface area contributed by atoms with Crippen LogP contribution in [-0.2, 0) is 43.0 Å². The monoisotopic (exact) mass is 811 g/mol. The normalized spacial score (nSPS) is 44.9. The van der Waals surface area contributed by atoms with Crippen LogP contribution < -0.4 is 0 Å². The summed E-state index contributed by atoms with van der Waals surface area (Å²) in [6.07, 6.45) is 4.15. The standard InChI is InChI=1S/C45H65NO12/c1-23-25(21-30(48)46(7)19-20-47)11-13-28-32(23)35(51)37(53)39-43(28,4)18-15-29(45(39,6)41(55)57-9)58-31(49)22-26-12-14-27-33(24(26)2)34(50)36(52)38-42(27,3)16-10-17-44(38,5)40(54)56-8/h21-24,27-29,32-35,38-39,47,50-51H,10-20H2,1-9H3/b25-21+,26-22+/t23-,24-,27?,28?,29-,32?,33?,34+,35+,38?,39?,42+,43+,44-,45-/m0/s1. The summed E-state index contributed by atoms with van der Waals surface area (Å²) in [4.78, 5) is 83.9. The second-order valence-electron chi connectivity index (χ2n) is 19.5. The lowest BCUT2D eigenvalue weighted by Crippen LogP contribution is -2.68. The van der Waals surface area contributed by atoms with Crippen LogP contribution in [0.2, 0.25) is 0 Å². The van der Waals surface area contributed by atoms with Crippen LogP contribution in [0.4, 0.5) is 0 Å². The number of rotatable bonds is 7.